The molecule has 2 aromatic rings. The van der Waals surface area contributed by atoms with Gasteiger partial charge in [0.25, 0.3) is 0 Å². The average molecular weight is 231 g/mol. The van der Waals surface area contributed by atoms with Gasteiger partial charge in [-0.15, -0.1) is 11.3 Å². The van der Waals surface area contributed by atoms with Gasteiger partial charge in [-0.25, -0.2) is 4.79 Å². The van der Waals surface area contributed by atoms with Gasteiger partial charge in [0.15, 0.2) is 0 Å². The normalized spacial score (nSPS) is 10.0. The van der Waals surface area contributed by atoms with Gasteiger partial charge < -0.3 is 5.73 Å². The minimum atomic E-state index is -0.518. The average Bonchev–Trinajstić information content (AvgIpc) is 2.68. The fraction of sp³-hybridized carbons (Fsp3) is 0.0833. The van der Waals surface area contributed by atoms with Gasteiger partial charge in [0.2, 0.25) is 5.91 Å². The van der Waals surface area contributed by atoms with E-state index < -0.39 is 5.91 Å². The molecule has 0 spiro atoms. The molecule has 0 aliphatic carbocycles. The summed E-state index contributed by atoms with van der Waals surface area (Å²) >= 11 is 1.46. The minimum absolute atomic E-state index is 0.0592. The molecule has 80 valence electrons. The van der Waals surface area contributed by atoms with Crippen LogP contribution in [-0.2, 0) is 9.59 Å². The topological polar surface area (TPSA) is 60.2 Å². The number of primary amides is 1. The number of carbonyl (C=O) groups excluding carboxylic acids is 2. The van der Waals surface area contributed by atoms with Gasteiger partial charge in [-0.3, -0.25) is 4.79 Å². The largest absolute Gasteiger partial charge is 0.369 e. The third-order valence-electron chi connectivity index (χ3n) is 2.20. The summed E-state index contributed by atoms with van der Waals surface area (Å²) in [6.07, 6.45) is -0.0592. The van der Waals surface area contributed by atoms with Crippen molar-refractivity contribution in [3.63, 3.8) is 0 Å². The minimum Gasteiger partial charge on any atom is -0.369 e. The molecular weight excluding hydrogens is 222 g/mol. The SMILES string of the molecule is NC(=O)CC(=C=O)c1cc2ccccc2s1. The van der Waals surface area contributed by atoms with Crippen LogP contribution >= 0.6 is 11.3 Å². The van der Waals surface area contributed by atoms with E-state index in [9.17, 15) is 9.59 Å². The Morgan fingerprint density at radius 2 is 2.12 bits per heavy atom. The number of amides is 1. The van der Waals surface area contributed by atoms with Crippen molar-refractivity contribution in [1.29, 1.82) is 0 Å². The molecule has 0 fully saturated rings. The zero-order chi connectivity index (χ0) is 11.5. The van der Waals surface area contributed by atoms with Crippen LogP contribution in [0.3, 0.4) is 0 Å². The fourth-order valence-electron chi connectivity index (χ4n) is 1.48. The van der Waals surface area contributed by atoms with E-state index in [4.69, 9.17) is 5.73 Å². The molecule has 0 radical (unpaired) electrons. The second-order valence-corrected chi connectivity index (χ2v) is 4.46. The highest BCUT2D eigenvalue weighted by molar-refractivity contribution is 7.20. The van der Waals surface area contributed by atoms with Gasteiger partial charge in [0.1, 0.15) is 5.94 Å². The van der Waals surface area contributed by atoms with Crippen LogP contribution in [0.15, 0.2) is 30.3 Å². The smallest absolute Gasteiger partial charge is 0.222 e. The summed E-state index contributed by atoms with van der Waals surface area (Å²) < 4.78 is 1.08. The summed E-state index contributed by atoms with van der Waals surface area (Å²) in [6, 6.07) is 9.67. The van der Waals surface area contributed by atoms with Crippen LogP contribution in [0.1, 0.15) is 11.3 Å². The van der Waals surface area contributed by atoms with Gasteiger partial charge in [-0.2, -0.15) is 0 Å². The summed E-state index contributed by atoms with van der Waals surface area (Å²) in [5.74, 6) is 1.27. The van der Waals surface area contributed by atoms with E-state index in [0.29, 0.717) is 5.57 Å². The highest BCUT2D eigenvalue weighted by atomic mass is 32.1. The zero-order valence-electron chi connectivity index (χ0n) is 8.40. The van der Waals surface area contributed by atoms with E-state index in [1.165, 1.54) is 11.3 Å². The summed E-state index contributed by atoms with van der Waals surface area (Å²) in [7, 11) is 0. The Morgan fingerprint density at radius 3 is 2.75 bits per heavy atom. The Hall–Kier alpha value is -1.90. The van der Waals surface area contributed by atoms with Crippen LogP contribution in [0.2, 0.25) is 0 Å². The van der Waals surface area contributed by atoms with E-state index in [2.05, 4.69) is 0 Å². The molecule has 16 heavy (non-hydrogen) atoms. The molecule has 0 saturated carbocycles. The standard InChI is InChI=1S/C12H9NO2S/c13-12(15)6-9(7-14)11-5-8-3-1-2-4-10(8)16-11/h1-5H,6H2,(H2,13,15). The molecule has 0 saturated heterocycles. The van der Waals surface area contributed by atoms with Gasteiger partial charge in [0.05, 0.1) is 12.0 Å². The molecule has 1 aromatic carbocycles. The van der Waals surface area contributed by atoms with E-state index in [1.807, 2.05) is 30.3 Å². The number of carbonyl (C=O) groups is 1. The lowest BCUT2D eigenvalue weighted by molar-refractivity contribution is -0.117. The maximum atomic E-state index is 10.8. The first-order chi connectivity index (χ1) is 7.70. The van der Waals surface area contributed by atoms with Crippen LogP contribution in [0.25, 0.3) is 15.7 Å². The first kappa shape index (κ1) is 10.6. The molecule has 0 bridgehead atoms. The third-order valence-corrected chi connectivity index (χ3v) is 3.37. The number of hydrogen-bond donors (Lipinski definition) is 1. The van der Waals surface area contributed by atoms with Crippen molar-refractivity contribution < 1.29 is 9.59 Å². The number of rotatable bonds is 3. The molecule has 1 amide bonds. The first-order valence-electron chi connectivity index (χ1n) is 4.72. The molecular formula is C12H9NO2S. The zero-order valence-corrected chi connectivity index (χ0v) is 9.21. The van der Waals surface area contributed by atoms with Crippen molar-refractivity contribution in [3.8, 4) is 0 Å². The Morgan fingerprint density at radius 1 is 1.38 bits per heavy atom. The van der Waals surface area contributed by atoms with Crippen LogP contribution in [-0.4, -0.2) is 11.8 Å². The predicted molar refractivity (Wildman–Crippen MR) is 64.7 cm³/mol. The third kappa shape index (κ3) is 2.03. The summed E-state index contributed by atoms with van der Waals surface area (Å²) in [4.78, 5) is 22.3. The van der Waals surface area contributed by atoms with Crippen molar-refractivity contribution in [2.45, 2.75) is 6.42 Å². The lowest BCUT2D eigenvalue weighted by Gasteiger charge is -1.94. The Labute approximate surface area is 96.2 Å². The summed E-state index contributed by atoms with van der Waals surface area (Å²) in [5.41, 5.74) is 5.39. The predicted octanol–water partition coefficient (Wildman–Crippen LogP) is 1.99. The molecule has 0 unspecified atom stereocenters. The molecule has 2 N–H and O–H groups in total. The molecule has 3 nitrogen and oxygen atoms in total. The van der Waals surface area contributed by atoms with Crippen molar-refractivity contribution >= 4 is 38.8 Å². The van der Waals surface area contributed by atoms with Crippen molar-refractivity contribution in [3.05, 3.63) is 35.2 Å². The molecule has 1 heterocycles. The number of nitrogens with two attached hydrogens (primary N) is 1. The van der Waals surface area contributed by atoms with Crippen molar-refractivity contribution in [2.75, 3.05) is 0 Å². The molecule has 0 aliphatic heterocycles. The number of thiophene rings is 1. The Bertz CT molecular complexity index is 561. The molecule has 0 aliphatic rings. The second kappa shape index (κ2) is 4.31. The fourth-order valence-corrected chi connectivity index (χ4v) is 2.53. The Balaban J connectivity index is 2.46. The number of fused-ring (bicyclic) bond motifs is 1. The van der Waals surface area contributed by atoms with Crippen molar-refractivity contribution in [1.82, 2.24) is 0 Å². The summed E-state index contributed by atoms with van der Waals surface area (Å²) in [6.45, 7) is 0. The van der Waals surface area contributed by atoms with E-state index in [-0.39, 0.29) is 6.42 Å². The van der Waals surface area contributed by atoms with Crippen molar-refractivity contribution in [2.24, 2.45) is 5.73 Å². The van der Waals surface area contributed by atoms with E-state index in [1.54, 1.807) is 5.94 Å². The Kier molecular flexibility index (Phi) is 2.86. The van der Waals surface area contributed by atoms with Gasteiger partial charge in [0, 0.05) is 9.58 Å². The van der Waals surface area contributed by atoms with Gasteiger partial charge >= 0.3 is 0 Å². The van der Waals surface area contributed by atoms with Gasteiger partial charge in [-0.1, -0.05) is 18.2 Å². The summed E-state index contributed by atoms with van der Waals surface area (Å²) in [5, 5.41) is 1.06. The maximum Gasteiger partial charge on any atom is 0.222 e. The van der Waals surface area contributed by atoms with Crippen LogP contribution in [0.5, 0.6) is 0 Å². The number of benzene rings is 1. The highest BCUT2D eigenvalue weighted by Crippen LogP contribution is 2.30. The van der Waals surface area contributed by atoms with Crippen LogP contribution in [0.4, 0.5) is 0 Å². The lowest BCUT2D eigenvalue weighted by Crippen LogP contribution is -2.10. The van der Waals surface area contributed by atoms with Crippen LogP contribution in [0, 0.1) is 0 Å². The second-order valence-electron chi connectivity index (χ2n) is 3.37. The molecule has 0 atom stereocenters. The maximum absolute atomic E-state index is 10.8. The van der Waals surface area contributed by atoms with Crippen LogP contribution < -0.4 is 5.73 Å². The molecule has 1 aromatic heterocycles. The molecule has 2 rings (SSSR count). The van der Waals surface area contributed by atoms with E-state index >= 15 is 0 Å². The van der Waals surface area contributed by atoms with E-state index in [0.717, 1.165) is 15.0 Å². The van der Waals surface area contributed by atoms with Gasteiger partial charge in [-0.05, 0) is 17.5 Å². The highest BCUT2D eigenvalue weighted by Gasteiger charge is 2.10. The first-order valence-corrected chi connectivity index (χ1v) is 5.53. The number of hydrogen-bond acceptors (Lipinski definition) is 3. The quantitative estimate of drug-likeness (QED) is 0.821. The molecule has 4 heteroatoms. The monoisotopic (exact) mass is 231 g/mol. The lowest BCUT2D eigenvalue weighted by atomic mass is 10.1.